The SMILES string of the molecule is CCCNCc1cc(-c2c(C)cc(F)cc2C)ccc1Cl. The summed E-state index contributed by atoms with van der Waals surface area (Å²) in [5.41, 5.74) is 5.14. The highest BCUT2D eigenvalue weighted by Crippen LogP contribution is 2.31. The van der Waals surface area contributed by atoms with E-state index in [0.717, 1.165) is 52.4 Å². The molecule has 2 rings (SSSR count). The summed E-state index contributed by atoms with van der Waals surface area (Å²) in [6, 6.07) is 9.16. The highest BCUT2D eigenvalue weighted by Gasteiger charge is 2.10. The third-order valence-electron chi connectivity index (χ3n) is 3.57. The van der Waals surface area contributed by atoms with Gasteiger partial charge in [0.25, 0.3) is 0 Å². The van der Waals surface area contributed by atoms with Gasteiger partial charge in [-0.05, 0) is 78.9 Å². The van der Waals surface area contributed by atoms with Crippen LogP contribution in [0.3, 0.4) is 0 Å². The average Bonchev–Trinajstić information content (AvgIpc) is 2.41. The number of nitrogens with one attached hydrogen (secondary N) is 1. The molecule has 0 spiro atoms. The molecule has 2 aromatic carbocycles. The summed E-state index contributed by atoms with van der Waals surface area (Å²) in [7, 11) is 0. The summed E-state index contributed by atoms with van der Waals surface area (Å²) < 4.78 is 13.4. The van der Waals surface area contributed by atoms with Crippen LogP contribution in [0.4, 0.5) is 4.39 Å². The average molecular weight is 306 g/mol. The normalized spacial score (nSPS) is 10.9. The van der Waals surface area contributed by atoms with Crippen molar-refractivity contribution in [2.45, 2.75) is 33.7 Å². The van der Waals surface area contributed by atoms with Crippen LogP contribution in [0.25, 0.3) is 11.1 Å². The second kappa shape index (κ2) is 7.06. The molecule has 0 amide bonds. The predicted octanol–water partition coefficient (Wildman–Crippen LogP) is 5.26. The van der Waals surface area contributed by atoms with E-state index in [1.807, 2.05) is 26.0 Å². The fraction of sp³-hybridized carbons (Fsp3) is 0.333. The smallest absolute Gasteiger partial charge is 0.123 e. The van der Waals surface area contributed by atoms with Crippen LogP contribution < -0.4 is 5.32 Å². The molecule has 1 nitrogen and oxygen atoms in total. The van der Waals surface area contributed by atoms with E-state index >= 15 is 0 Å². The van der Waals surface area contributed by atoms with Gasteiger partial charge in [0.15, 0.2) is 0 Å². The zero-order chi connectivity index (χ0) is 15.4. The fourth-order valence-electron chi connectivity index (χ4n) is 2.63. The minimum Gasteiger partial charge on any atom is -0.313 e. The van der Waals surface area contributed by atoms with Crippen LogP contribution in [0, 0.1) is 19.7 Å². The molecule has 0 aliphatic heterocycles. The van der Waals surface area contributed by atoms with Crippen LogP contribution in [-0.4, -0.2) is 6.54 Å². The van der Waals surface area contributed by atoms with Gasteiger partial charge in [-0.25, -0.2) is 4.39 Å². The molecule has 0 unspecified atom stereocenters. The van der Waals surface area contributed by atoms with E-state index in [9.17, 15) is 4.39 Å². The Balaban J connectivity index is 2.39. The molecule has 0 atom stereocenters. The monoisotopic (exact) mass is 305 g/mol. The lowest BCUT2D eigenvalue weighted by atomic mass is 9.94. The Morgan fingerprint density at radius 2 is 1.76 bits per heavy atom. The van der Waals surface area contributed by atoms with E-state index < -0.39 is 0 Å². The van der Waals surface area contributed by atoms with Gasteiger partial charge < -0.3 is 5.32 Å². The van der Waals surface area contributed by atoms with Gasteiger partial charge in [0.2, 0.25) is 0 Å². The van der Waals surface area contributed by atoms with Gasteiger partial charge in [-0.3, -0.25) is 0 Å². The molecule has 0 bridgehead atoms. The van der Waals surface area contributed by atoms with Crippen molar-refractivity contribution in [2.24, 2.45) is 0 Å². The van der Waals surface area contributed by atoms with E-state index in [-0.39, 0.29) is 5.82 Å². The number of hydrogen-bond acceptors (Lipinski definition) is 1. The zero-order valence-electron chi connectivity index (χ0n) is 12.8. The van der Waals surface area contributed by atoms with Crippen molar-refractivity contribution in [1.29, 1.82) is 0 Å². The number of aryl methyl sites for hydroxylation is 2. The third kappa shape index (κ3) is 3.84. The topological polar surface area (TPSA) is 12.0 Å². The molecule has 3 heteroatoms. The summed E-state index contributed by atoms with van der Waals surface area (Å²) in [5, 5.41) is 4.13. The van der Waals surface area contributed by atoms with E-state index in [2.05, 4.69) is 18.3 Å². The summed E-state index contributed by atoms with van der Waals surface area (Å²) in [6.07, 6.45) is 1.09. The number of hydrogen-bond donors (Lipinski definition) is 1. The standard InChI is InChI=1S/C18H21ClFN/c1-4-7-21-11-15-10-14(5-6-17(15)19)18-12(2)8-16(20)9-13(18)3/h5-6,8-10,21H,4,7,11H2,1-3H3. The van der Waals surface area contributed by atoms with E-state index in [0.29, 0.717) is 0 Å². The van der Waals surface area contributed by atoms with Gasteiger partial charge in [0, 0.05) is 11.6 Å². The van der Waals surface area contributed by atoms with Gasteiger partial charge in [-0.1, -0.05) is 24.6 Å². The van der Waals surface area contributed by atoms with Crippen molar-refractivity contribution < 1.29 is 4.39 Å². The molecule has 0 radical (unpaired) electrons. The van der Waals surface area contributed by atoms with Crippen LogP contribution in [0.1, 0.15) is 30.0 Å². The molecule has 0 fully saturated rings. The molecular weight excluding hydrogens is 285 g/mol. The van der Waals surface area contributed by atoms with Crippen molar-refractivity contribution in [1.82, 2.24) is 5.32 Å². The predicted molar refractivity (Wildman–Crippen MR) is 88.3 cm³/mol. The van der Waals surface area contributed by atoms with Crippen LogP contribution in [0.2, 0.25) is 5.02 Å². The first-order chi connectivity index (χ1) is 10.0. The van der Waals surface area contributed by atoms with Crippen molar-refractivity contribution in [3.8, 4) is 11.1 Å². The minimum absolute atomic E-state index is 0.187. The second-order valence-corrected chi connectivity index (χ2v) is 5.80. The number of rotatable bonds is 5. The second-order valence-electron chi connectivity index (χ2n) is 5.40. The van der Waals surface area contributed by atoms with Gasteiger partial charge in [0.05, 0.1) is 0 Å². The Bertz CT molecular complexity index is 614. The molecule has 2 aromatic rings. The van der Waals surface area contributed by atoms with Crippen LogP contribution in [-0.2, 0) is 6.54 Å². The number of benzene rings is 2. The van der Waals surface area contributed by atoms with Crippen molar-refractivity contribution in [3.05, 3.63) is 57.9 Å². The first kappa shape index (κ1) is 16.0. The van der Waals surface area contributed by atoms with Gasteiger partial charge in [0.1, 0.15) is 5.82 Å². The van der Waals surface area contributed by atoms with Crippen LogP contribution >= 0.6 is 11.6 Å². The van der Waals surface area contributed by atoms with E-state index in [1.54, 1.807) is 12.1 Å². The van der Waals surface area contributed by atoms with Gasteiger partial charge in [-0.2, -0.15) is 0 Å². The van der Waals surface area contributed by atoms with Crippen molar-refractivity contribution in [2.75, 3.05) is 6.54 Å². The molecule has 0 saturated heterocycles. The molecule has 0 saturated carbocycles. The Kier molecular flexibility index (Phi) is 5.38. The summed E-state index contributed by atoms with van der Waals surface area (Å²) in [5.74, 6) is -0.187. The van der Waals surface area contributed by atoms with Gasteiger partial charge in [-0.15, -0.1) is 0 Å². The van der Waals surface area contributed by atoms with Crippen molar-refractivity contribution >= 4 is 11.6 Å². The Morgan fingerprint density at radius 1 is 1.10 bits per heavy atom. The largest absolute Gasteiger partial charge is 0.313 e. The summed E-state index contributed by atoms with van der Waals surface area (Å²) in [6.45, 7) is 7.73. The summed E-state index contributed by atoms with van der Waals surface area (Å²) >= 11 is 6.27. The molecular formula is C18H21ClFN. The highest BCUT2D eigenvalue weighted by atomic mass is 35.5. The molecule has 0 aliphatic rings. The lowest BCUT2D eigenvalue weighted by Gasteiger charge is -2.13. The van der Waals surface area contributed by atoms with E-state index in [4.69, 9.17) is 11.6 Å². The Hall–Kier alpha value is -1.38. The molecule has 0 aromatic heterocycles. The Labute approximate surface area is 131 Å². The van der Waals surface area contributed by atoms with Crippen LogP contribution in [0.15, 0.2) is 30.3 Å². The molecule has 21 heavy (non-hydrogen) atoms. The minimum atomic E-state index is -0.187. The third-order valence-corrected chi connectivity index (χ3v) is 3.94. The van der Waals surface area contributed by atoms with Crippen molar-refractivity contribution in [3.63, 3.8) is 0 Å². The number of halogens is 2. The van der Waals surface area contributed by atoms with E-state index in [1.165, 1.54) is 0 Å². The lowest BCUT2D eigenvalue weighted by Crippen LogP contribution is -2.14. The molecule has 112 valence electrons. The maximum Gasteiger partial charge on any atom is 0.123 e. The molecule has 0 aliphatic carbocycles. The maximum absolute atomic E-state index is 13.4. The van der Waals surface area contributed by atoms with Gasteiger partial charge >= 0.3 is 0 Å². The highest BCUT2D eigenvalue weighted by molar-refractivity contribution is 6.31. The first-order valence-corrected chi connectivity index (χ1v) is 7.67. The summed E-state index contributed by atoms with van der Waals surface area (Å²) in [4.78, 5) is 0. The van der Waals surface area contributed by atoms with Crippen LogP contribution in [0.5, 0.6) is 0 Å². The molecule has 1 N–H and O–H groups in total. The first-order valence-electron chi connectivity index (χ1n) is 7.29. The maximum atomic E-state index is 13.4. The lowest BCUT2D eigenvalue weighted by molar-refractivity contribution is 0.625. The zero-order valence-corrected chi connectivity index (χ0v) is 13.5. The quantitative estimate of drug-likeness (QED) is 0.743. The fourth-order valence-corrected chi connectivity index (χ4v) is 2.82. The Morgan fingerprint density at radius 3 is 2.38 bits per heavy atom. The molecule has 0 heterocycles.